The maximum Gasteiger partial charge on any atom is 0.225 e. The Morgan fingerprint density at radius 3 is 2.72 bits per heavy atom. The van der Waals surface area contributed by atoms with Crippen LogP contribution < -0.4 is 5.32 Å². The van der Waals surface area contributed by atoms with Crippen LogP contribution in [0.4, 0.5) is 0 Å². The van der Waals surface area contributed by atoms with Crippen LogP contribution in [0.1, 0.15) is 39.5 Å². The highest BCUT2D eigenvalue weighted by molar-refractivity contribution is 5.89. The van der Waals surface area contributed by atoms with Crippen molar-refractivity contribution in [1.82, 2.24) is 10.2 Å². The van der Waals surface area contributed by atoms with E-state index in [0.717, 1.165) is 12.8 Å². The van der Waals surface area contributed by atoms with E-state index in [0.29, 0.717) is 25.4 Å². The van der Waals surface area contributed by atoms with Crippen molar-refractivity contribution in [2.24, 2.45) is 5.92 Å². The Hall–Kier alpha value is -1.10. The molecule has 2 unspecified atom stereocenters. The Morgan fingerprint density at radius 2 is 2.22 bits per heavy atom. The maximum absolute atomic E-state index is 12.1. The van der Waals surface area contributed by atoms with Gasteiger partial charge >= 0.3 is 0 Å². The number of hydrogen-bond acceptors (Lipinski definition) is 3. The van der Waals surface area contributed by atoms with E-state index in [9.17, 15) is 14.7 Å². The van der Waals surface area contributed by atoms with E-state index in [1.54, 1.807) is 0 Å². The smallest absolute Gasteiger partial charge is 0.225 e. The topological polar surface area (TPSA) is 69.6 Å². The van der Waals surface area contributed by atoms with Crippen LogP contribution in [0.25, 0.3) is 0 Å². The van der Waals surface area contributed by atoms with Crippen LogP contribution >= 0.6 is 0 Å². The molecule has 2 aliphatic rings. The van der Waals surface area contributed by atoms with Crippen molar-refractivity contribution >= 4 is 11.8 Å². The summed E-state index contributed by atoms with van der Waals surface area (Å²) < 4.78 is 0. The molecule has 0 radical (unpaired) electrons. The van der Waals surface area contributed by atoms with Gasteiger partial charge in [0, 0.05) is 19.0 Å². The van der Waals surface area contributed by atoms with Crippen LogP contribution in [0.15, 0.2) is 0 Å². The van der Waals surface area contributed by atoms with Gasteiger partial charge in [0.1, 0.15) is 0 Å². The molecular weight excluding hydrogens is 232 g/mol. The zero-order chi connectivity index (χ0) is 13.3. The third kappa shape index (κ3) is 2.66. The summed E-state index contributed by atoms with van der Waals surface area (Å²) in [6.07, 6.45) is 3.13. The van der Waals surface area contributed by atoms with Gasteiger partial charge in [-0.1, -0.05) is 6.92 Å². The molecule has 2 atom stereocenters. The zero-order valence-electron chi connectivity index (χ0n) is 11.1. The molecule has 1 saturated carbocycles. The van der Waals surface area contributed by atoms with Crippen molar-refractivity contribution in [2.45, 2.75) is 51.1 Å². The molecule has 2 rings (SSSR count). The second-order valence-electron chi connectivity index (χ2n) is 5.74. The molecule has 5 heteroatoms. The molecule has 1 saturated heterocycles. The van der Waals surface area contributed by atoms with Gasteiger partial charge in [-0.05, 0) is 26.2 Å². The summed E-state index contributed by atoms with van der Waals surface area (Å²) in [5.74, 6) is -0.264. The van der Waals surface area contributed by atoms with Gasteiger partial charge in [-0.3, -0.25) is 9.59 Å². The fourth-order valence-electron chi connectivity index (χ4n) is 2.29. The fourth-order valence-corrected chi connectivity index (χ4v) is 2.29. The van der Waals surface area contributed by atoms with Crippen LogP contribution in [-0.4, -0.2) is 46.6 Å². The SMILES string of the molecule is CCC(C)(CO)NC(=O)C1CC(=O)N(C2CC2)C1. The first-order valence-corrected chi connectivity index (χ1v) is 6.71. The van der Waals surface area contributed by atoms with Crippen LogP contribution in [0, 0.1) is 5.92 Å². The number of likely N-dealkylation sites (tertiary alicyclic amines) is 1. The fraction of sp³-hybridized carbons (Fsp3) is 0.846. The van der Waals surface area contributed by atoms with Gasteiger partial charge in [-0.25, -0.2) is 0 Å². The van der Waals surface area contributed by atoms with Gasteiger partial charge < -0.3 is 15.3 Å². The Balaban J connectivity index is 1.92. The standard InChI is InChI=1S/C13H22N2O3/c1-3-13(2,8-16)14-12(18)9-6-11(17)15(7-9)10-4-5-10/h9-10,16H,3-8H2,1-2H3,(H,14,18). The molecule has 0 bridgehead atoms. The van der Waals surface area contributed by atoms with Crippen molar-refractivity contribution in [1.29, 1.82) is 0 Å². The Morgan fingerprint density at radius 1 is 1.56 bits per heavy atom. The third-order valence-electron chi connectivity index (χ3n) is 4.07. The first-order valence-electron chi connectivity index (χ1n) is 6.71. The zero-order valence-corrected chi connectivity index (χ0v) is 11.1. The minimum atomic E-state index is -0.576. The number of aliphatic hydroxyl groups is 1. The number of amides is 2. The molecule has 2 amide bonds. The summed E-state index contributed by atoms with van der Waals surface area (Å²) in [6, 6.07) is 0.380. The number of carbonyl (C=O) groups excluding carboxylic acids is 2. The number of hydrogen-bond donors (Lipinski definition) is 2. The average Bonchev–Trinajstić information content (AvgIpc) is 3.12. The van der Waals surface area contributed by atoms with E-state index in [1.807, 2.05) is 18.7 Å². The summed E-state index contributed by atoms with van der Waals surface area (Å²) in [5, 5.41) is 12.2. The van der Waals surface area contributed by atoms with Gasteiger partial charge in [0.2, 0.25) is 11.8 Å². The molecule has 0 aromatic heterocycles. The molecule has 1 aliphatic heterocycles. The molecule has 5 nitrogen and oxygen atoms in total. The van der Waals surface area contributed by atoms with Crippen LogP contribution in [0.2, 0.25) is 0 Å². The Kier molecular flexibility index (Phi) is 3.61. The molecule has 0 aromatic rings. The summed E-state index contributed by atoms with van der Waals surface area (Å²) in [7, 11) is 0. The minimum absolute atomic E-state index is 0.0811. The van der Waals surface area contributed by atoms with E-state index in [2.05, 4.69) is 5.32 Å². The minimum Gasteiger partial charge on any atom is -0.394 e. The summed E-state index contributed by atoms with van der Waals surface area (Å²) in [5.41, 5.74) is -0.576. The quantitative estimate of drug-likeness (QED) is 0.740. The highest BCUT2D eigenvalue weighted by atomic mass is 16.3. The predicted octanol–water partition coefficient (Wildman–Crippen LogP) is 0.274. The first-order chi connectivity index (χ1) is 8.49. The van der Waals surface area contributed by atoms with E-state index in [4.69, 9.17) is 0 Å². The monoisotopic (exact) mass is 254 g/mol. The Labute approximate surface area is 108 Å². The molecule has 1 heterocycles. The molecule has 102 valence electrons. The van der Waals surface area contributed by atoms with Gasteiger partial charge in [-0.2, -0.15) is 0 Å². The second-order valence-corrected chi connectivity index (χ2v) is 5.74. The predicted molar refractivity (Wildman–Crippen MR) is 66.8 cm³/mol. The largest absolute Gasteiger partial charge is 0.394 e. The lowest BCUT2D eigenvalue weighted by Gasteiger charge is -2.28. The average molecular weight is 254 g/mol. The molecular formula is C13H22N2O3. The van der Waals surface area contributed by atoms with Crippen LogP contribution in [0.5, 0.6) is 0 Å². The van der Waals surface area contributed by atoms with Crippen molar-refractivity contribution < 1.29 is 14.7 Å². The van der Waals surface area contributed by atoms with Crippen LogP contribution in [-0.2, 0) is 9.59 Å². The summed E-state index contributed by atoms with van der Waals surface area (Å²) in [6.45, 7) is 4.20. The van der Waals surface area contributed by atoms with Gasteiger partial charge in [0.05, 0.1) is 18.1 Å². The Bertz CT molecular complexity index is 348. The lowest BCUT2D eigenvalue weighted by molar-refractivity contribution is -0.130. The molecule has 2 fully saturated rings. The molecule has 0 spiro atoms. The highest BCUT2D eigenvalue weighted by Gasteiger charge is 2.42. The molecule has 1 aliphatic carbocycles. The van der Waals surface area contributed by atoms with Crippen LogP contribution in [0.3, 0.4) is 0 Å². The number of nitrogens with zero attached hydrogens (tertiary/aromatic N) is 1. The molecule has 18 heavy (non-hydrogen) atoms. The highest BCUT2D eigenvalue weighted by Crippen LogP contribution is 2.32. The van der Waals surface area contributed by atoms with Gasteiger partial charge in [0.15, 0.2) is 0 Å². The van der Waals surface area contributed by atoms with Gasteiger partial charge in [0.25, 0.3) is 0 Å². The van der Waals surface area contributed by atoms with Crippen molar-refractivity contribution in [3.05, 3.63) is 0 Å². The maximum atomic E-state index is 12.1. The molecule has 0 aromatic carbocycles. The normalized spacial score (nSPS) is 27.2. The first kappa shape index (κ1) is 13.3. The second kappa shape index (κ2) is 4.88. The number of carbonyl (C=O) groups is 2. The summed E-state index contributed by atoms with van der Waals surface area (Å²) in [4.78, 5) is 25.7. The number of nitrogens with one attached hydrogen (secondary N) is 1. The molecule has 2 N–H and O–H groups in total. The summed E-state index contributed by atoms with van der Waals surface area (Å²) >= 11 is 0. The number of rotatable bonds is 5. The van der Waals surface area contributed by atoms with Crippen molar-refractivity contribution in [3.63, 3.8) is 0 Å². The van der Waals surface area contributed by atoms with Crippen molar-refractivity contribution in [2.75, 3.05) is 13.2 Å². The lowest BCUT2D eigenvalue weighted by atomic mass is 9.98. The van der Waals surface area contributed by atoms with E-state index in [1.165, 1.54) is 0 Å². The van der Waals surface area contributed by atoms with E-state index in [-0.39, 0.29) is 24.3 Å². The van der Waals surface area contributed by atoms with E-state index < -0.39 is 5.54 Å². The number of aliphatic hydroxyl groups excluding tert-OH is 1. The van der Waals surface area contributed by atoms with Gasteiger partial charge in [-0.15, -0.1) is 0 Å². The lowest BCUT2D eigenvalue weighted by Crippen LogP contribution is -2.50. The van der Waals surface area contributed by atoms with E-state index >= 15 is 0 Å². The third-order valence-corrected chi connectivity index (χ3v) is 4.07. The van der Waals surface area contributed by atoms with Crippen molar-refractivity contribution in [3.8, 4) is 0 Å².